The highest BCUT2D eigenvalue weighted by molar-refractivity contribution is 6.37. The molecule has 0 saturated carbocycles. The van der Waals surface area contributed by atoms with Crippen LogP contribution in [0, 0.1) is 0 Å². The van der Waals surface area contributed by atoms with Crippen molar-refractivity contribution in [2.24, 2.45) is 0 Å². The van der Waals surface area contributed by atoms with Crippen molar-refractivity contribution in [3.63, 3.8) is 0 Å². The van der Waals surface area contributed by atoms with Crippen molar-refractivity contribution in [3.05, 3.63) is 22.2 Å². The lowest BCUT2D eigenvalue weighted by atomic mass is 10.3. The maximum atomic E-state index is 5.87. The lowest BCUT2D eigenvalue weighted by Crippen LogP contribution is -1.97. The average Bonchev–Trinajstić information content (AvgIpc) is 2.09. The third-order valence-corrected chi connectivity index (χ3v) is 2.14. The molecule has 0 radical (unpaired) electrons. The summed E-state index contributed by atoms with van der Waals surface area (Å²) in [6.07, 6.45) is 0.929. The molecule has 0 aromatic heterocycles. The molecule has 0 bridgehead atoms. The first kappa shape index (κ1) is 10.5. The highest BCUT2D eigenvalue weighted by Gasteiger charge is 2.05. The maximum absolute atomic E-state index is 5.87. The summed E-state index contributed by atoms with van der Waals surface area (Å²) in [6.45, 7) is 2.65. The van der Waals surface area contributed by atoms with Gasteiger partial charge in [-0.3, -0.25) is 0 Å². The summed E-state index contributed by atoms with van der Waals surface area (Å²) in [4.78, 5) is 0. The lowest BCUT2D eigenvalue weighted by molar-refractivity contribution is 0.318. The van der Waals surface area contributed by atoms with Crippen LogP contribution < -0.4 is 10.5 Å². The highest BCUT2D eigenvalue weighted by atomic mass is 35.5. The van der Waals surface area contributed by atoms with Crippen LogP contribution in [0.5, 0.6) is 5.75 Å². The molecular formula is C9H11Cl2NO. The summed E-state index contributed by atoms with van der Waals surface area (Å²) in [6, 6.07) is 3.23. The Hall–Kier alpha value is -0.600. The van der Waals surface area contributed by atoms with Gasteiger partial charge in [0.05, 0.1) is 22.3 Å². The van der Waals surface area contributed by atoms with Gasteiger partial charge in [-0.2, -0.15) is 0 Å². The van der Waals surface area contributed by atoms with E-state index in [0.29, 0.717) is 28.1 Å². The van der Waals surface area contributed by atoms with E-state index in [1.54, 1.807) is 12.1 Å². The fourth-order valence-electron chi connectivity index (χ4n) is 0.867. The van der Waals surface area contributed by atoms with Gasteiger partial charge in [0.1, 0.15) is 5.75 Å². The molecule has 2 nitrogen and oxygen atoms in total. The Bertz CT molecular complexity index is 302. The molecule has 0 unspecified atom stereocenters. The molecule has 0 atom stereocenters. The number of benzene rings is 1. The Morgan fingerprint density at radius 3 is 2.62 bits per heavy atom. The minimum Gasteiger partial charge on any atom is -0.492 e. The first-order valence-corrected chi connectivity index (χ1v) is 4.78. The SMILES string of the molecule is CCCOc1cc(N)c(Cl)cc1Cl. The zero-order valence-electron chi connectivity index (χ0n) is 7.31. The second-order valence-corrected chi connectivity index (χ2v) is 3.47. The molecule has 0 fully saturated rings. The molecule has 1 aromatic rings. The van der Waals surface area contributed by atoms with Crippen molar-refractivity contribution in [2.45, 2.75) is 13.3 Å². The third-order valence-electron chi connectivity index (χ3n) is 1.51. The second kappa shape index (κ2) is 4.58. The maximum Gasteiger partial charge on any atom is 0.140 e. The molecule has 0 heterocycles. The number of anilines is 1. The summed E-state index contributed by atoms with van der Waals surface area (Å²) >= 11 is 11.6. The minimum atomic E-state index is 0.453. The quantitative estimate of drug-likeness (QED) is 0.792. The van der Waals surface area contributed by atoms with Crippen LogP contribution in [0.3, 0.4) is 0 Å². The van der Waals surface area contributed by atoms with Gasteiger partial charge in [0.15, 0.2) is 0 Å². The highest BCUT2D eigenvalue weighted by Crippen LogP contribution is 2.32. The van der Waals surface area contributed by atoms with E-state index < -0.39 is 0 Å². The van der Waals surface area contributed by atoms with E-state index in [9.17, 15) is 0 Å². The predicted octanol–water partition coefficient (Wildman–Crippen LogP) is 3.36. The molecule has 0 spiro atoms. The Labute approximate surface area is 87.6 Å². The van der Waals surface area contributed by atoms with Crippen LogP contribution in [-0.4, -0.2) is 6.61 Å². The predicted molar refractivity (Wildman–Crippen MR) is 56.7 cm³/mol. The molecule has 0 aliphatic carbocycles. The van der Waals surface area contributed by atoms with Crippen molar-refractivity contribution in [2.75, 3.05) is 12.3 Å². The van der Waals surface area contributed by atoms with Crippen LogP contribution in [0.15, 0.2) is 12.1 Å². The number of hydrogen-bond donors (Lipinski definition) is 1. The van der Waals surface area contributed by atoms with Crippen molar-refractivity contribution >= 4 is 28.9 Å². The van der Waals surface area contributed by atoms with E-state index in [2.05, 4.69) is 0 Å². The number of ether oxygens (including phenoxy) is 1. The number of rotatable bonds is 3. The number of nitrogens with two attached hydrogens (primary N) is 1. The Balaban J connectivity index is 2.88. The number of hydrogen-bond acceptors (Lipinski definition) is 2. The van der Waals surface area contributed by atoms with E-state index in [4.69, 9.17) is 33.7 Å². The number of nitrogen functional groups attached to an aromatic ring is 1. The normalized spacial score (nSPS) is 10.1. The van der Waals surface area contributed by atoms with Crippen LogP contribution in [0.25, 0.3) is 0 Å². The molecule has 4 heteroatoms. The van der Waals surface area contributed by atoms with Gasteiger partial charge >= 0.3 is 0 Å². The summed E-state index contributed by atoms with van der Waals surface area (Å²) < 4.78 is 5.35. The fraction of sp³-hybridized carbons (Fsp3) is 0.333. The van der Waals surface area contributed by atoms with E-state index in [0.717, 1.165) is 6.42 Å². The van der Waals surface area contributed by atoms with E-state index in [-0.39, 0.29) is 0 Å². The molecule has 0 aliphatic rings. The van der Waals surface area contributed by atoms with Gasteiger partial charge in [0.2, 0.25) is 0 Å². The van der Waals surface area contributed by atoms with Crippen molar-refractivity contribution in [3.8, 4) is 5.75 Å². The van der Waals surface area contributed by atoms with Gasteiger partial charge in [-0.05, 0) is 12.5 Å². The molecule has 0 amide bonds. The Morgan fingerprint density at radius 1 is 1.31 bits per heavy atom. The monoisotopic (exact) mass is 219 g/mol. The molecule has 0 aliphatic heterocycles. The van der Waals surface area contributed by atoms with E-state index in [1.165, 1.54) is 0 Å². The summed E-state index contributed by atoms with van der Waals surface area (Å²) in [5.41, 5.74) is 6.07. The Kier molecular flexibility index (Phi) is 3.70. The topological polar surface area (TPSA) is 35.2 Å². The first-order valence-electron chi connectivity index (χ1n) is 4.02. The molecule has 0 saturated heterocycles. The number of halogens is 2. The minimum absolute atomic E-state index is 0.453. The molecule has 1 rings (SSSR count). The smallest absolute Gasteiger partial charge is 0.140 e. The average molecular weight is 220 g/mol. The molecule has 2 N–H and O–H groups in total. The summed E-state index contributed by atoms with van der Waals surface area (Å²) in [5, 5.41) is 0.946. The van der Waals surface area contributed by atoms with Gasteiger partial charge in [-0.25, -0.2) is 0 Å². The van der Waals surface area contributed by atoms with Crippen LogP contribution in [0.4, 0.5) is 5.69 Å². The van der Waals surface area contributed by atoms with Gasteiger partial charge in [-0.1, -0.05) is 30.1 Å². The largest absolute Gasteiger partial charge is 0.492 e. The first-order chi connectivity index (χ1) is 6.15. The standard InChI is InChI=1S/C9H11Cl2NO/c1-2-3-13-9-5-8(12)6(10)4-7(9)11/h4-5H,2-3,12H2,1H3. The van der Waals surface area contributed by atoms with Crippen LogP contribution in [0.1, 0.15) is 13.3 Å². The zero-order valence-corrected chi connectivity index (χ0v) is 8.82. The van der Waals surface area contributed by atoms with Crippen molar-refractivity contribution in [1.29, 1.82) is 0 Å². The summed E-state index contributed by atoms with van der Waals surface area (Å²) in [7, 11) is 0. The van der Waals surface area contributed by atoms with Crippen LogP contribution in [-0.2, 0) is 0 Å². The van der Waals surface area contributed by atoms with Crippen molar-refractivity contribution < 1.29 is 4.74 Å². The van der Waals surface area contributed by atoms with Gasteiger partial charge in [0, 0.05) is 6.07 Å². The molecule has 72 valence electrons. The van der Waals surface area contributed by atoms with Crippen LogP contribution >= 0.6 is 23.2 Å². The lowest BCUT2D eigenvalue weighted by Gasteiger charge is -2.08. The van der Waals surface area contributed by atoms with Crippen LogP contribution in [0.2, 0.25) is 10.0 Å². The van der Waals surface area contributed by atoms with Gasteiger partial charge in [0.25, 0.3) is 0 Å². The van der Waals surface area contributed by atoms with E-state index >= 15 is 0 Å². The second-order valence-electron chi connectivity index (χ2n) is 2.65. The molecule has 13 heavy (non-hydrogen) atoms. The Morgan fingerprint density at radius 2 is 2.00 bits per heavy atom. The zero-order chi connectivity index (χ0) is 9.84. The fourth-order valence-corrected chi connectivity index (χ4v) is 1.31. The van der Waals surface area contributed by atoms with Gasteiger partial charge < -0.3 is 10.5 Å². The van der Waals surface area contributed by atoms with E-state index in [1.807, 2.05) is 6.92 Å². The van der Waals surface area contributed by atoms with Gasteiger partial charge in [-0.15, -0.1) is 0 Å². The van der Waals surface area contributed by atoms with Crippen molar-refractivity contribution in [1.82, 2.24) is 0 Å². The molecular weight excluding hydrogens is 209 g/mol. The third kappa shape index (κ3) is 2.68. The molecule has 1 aromatic carbocycles. The summed E-state index contributed by atoms with van der Waals surface area (Å²) in [5.74, 6) is 0.588.